The van der Waals surface area contributed by atoms with Gasteiger partial charge in [0.15, 0.2) is 0 Å². The van der Waals surface area contributed by atoms with Crippen LogP contribution in [0.25, 0.3) is 0 Å². The van der Waals surface area contributed by atoms with E-state index < -0.39 is 0 Å². The van der Waals surface area contributed by atoms with Crippen molar-refractivity contribution in [1.29, 1.82) is 0 Å². The zero-order chi connectivity index (χ0) is 20.3. The van der Waals surface area contributed by atoms with Crippen molar-refractivity contribution in [3.63, 3.8) is 0 Å². The molecule has 4 heterocycles. The average Bonchev–Trinajstić information content (AvgIpc) is 3.17. The smallest absolute Gasteiger partial charge is 0.274 e. The van der Waals surface area contributed by atoms with Crippen LogP contribution in [0.4, 0.5) is 0 Å². The second-order valence-electron chi connectivity index (χ2n) is 7.95. The molecule has 1 amide bonds. The van der Waals surface area contributed by atoms with Crippen LogP contribution >= 0.6 is 0 Å². The number of nitrogens with zero attached hydrogens (tertiary/aromatic N) is 4. The van der Waals surface area contributed by atoms with E-state index in [2.05, 4.69) is 16.1 Å². The van der Waals surface area contributed by atoms with Gasteiger partial charge in [-0.2, -0.15) is 5.10 Å². The van der Waals surface area contributed by atoms with Crippen LogP contribution in [-0.4, -0.2) is 70.7 Å². The van der Waals surface area contributed by atoms with Crippen molar-refractivity contribution >= 4 is 5.91 Å². The Bertz CT molecular complexity index is 847. The van der Waals surface area contributed by atoms with Crippen molar-refractivity contribution in [2.45, 2.75) is 44.6 Å². The third-order valence-corrected chi connectivity index (χ3v) is 5.49. The molecule has 8 nitrogen and oxygen atoms in total. The van der Waals surface area contributed by atoms with Crippen molar-refractivity contribution in [3.8, 4) is 0 Å². The molecule has 4 rings (SSSR count). The van der Waals surface area contributed by atoms with E-state index >= 15 is 0 Å². The zero-order valence-electron chi connectivity index (χ0n) is 17.0. The molecule has 0 aliphatic carbocycles. The minimum absolute atomic E-state index is 0.0516. The van der Waals surface area contributed by atoms with Crippen LogP contribution < -0.4 is 0 Å². The molecule has 2 aromatic heterocycles. The maximum atomic E-state index is 12.7. The van der Waals surface area contributed by atoms with Crippen LogP contribution in [0.5, 0.6) is 0 Å². The Kier molecular flexibility index (Phi) is 5.94. The average molecular weight is 400 g/mol. The number of pyridine rings is 1. The number of methoxy groups -OCH3 is 1. The van der Waals surface area contributed by atoms with E-state index in [1.807, 2.05) is 25.5 Å². The van der Waals surface area contributed by atoms with E-state index in [-0.39, 0.29) is 17.6 Å². The monoisotopic (exact) mass is 400 g/mol. The number of aromatic nitrogens is 3. The second kappa shape index (κ2) is 8.61. The van der Waals surface area contributed by atoms with Gasteiger partial charge in [-0.3, -0.25) is 14.5 Å². The van der Waals surface area contributed by atoms with Gasteiger partial charge in [0, 0.05) is 38.7 Å². The Balaban J connectivity index is 1.28. The van der Waals surface area contributed by atoms with Gasteiger partial charge in [-0.15, -0.1) is 0 Å². The highest BCUT2D eigenvalue weighted by molar-refractivity contribution is 5.93. The Morgan fingerprint density at radius 3 is 3.03 bits per heavy atom. The molecule has 1 spiro atoms. The van der Waals surface area contributed by atoms with Crippen LogP contribution in [0.2, 0.25) is 0 Å². The molecule has 0 N–H and O–H groups in total. The van der Waals surface area contributed by atoms with Gasteiger partial charge in [-0.25, -0.2) is 0 Å². The molecule has 2 fully saturated rings. The first-order valence-corrected chi connectivity index (χ1v) is 10.0. The molecule has 0 saturated carbocycles. The normalized spacial score (nSPS) is 20.6. The molecule has 0 radical (unpaired) electrons. The van der Waals surface area contributed by atoms with E-state index in [1.165, 1.54) is 0 Å². The largest absolute Gasteiger partial charge is 0.383 e. The lowest BCUT2D eigenvalue weighted by Gasteiger charge is -2.52. The fourth-order valence-electron chi connectivity index (χ4n) is 4.00. The molecular weight excluding hydrogens is 372 g/mol. The van der Waals surface area contributed by atoms with Gasteiger partial charge in [0.1, 0.15) is 11.3 Å². The van der Waals surface area contributed by atoms with E-state index in [9.17, 15) is 4.79 Å². The number of carbonyl (C=O) groups excluding carboxylic acids is 1. The molecule has 2 aromatic rings. The van der Waals surface area contributed by atoms with Crippen LogP contribution in [0.3, 0.4) is 0 Å². The van der Waals surface area contributed by atoms with Crippen LogP contribution in [0.15, 0.2) is 30.7 Å². The predicted octanol–water partition coefficient (Wildman–Crippen LogP) is 1.82. The summed E-state index contributed by atoms with van der Waals surface area (Å²) in [6.45, 7) is 5.61. The van der Waals surface area contributed by atoms with Crippen LogP contribution in [0.1, 0.15) is 34.5 Å². The Morgan fingerprint density at radius 1 is 1.38 bits per heavy atom. The van der Waals surface area contributed by atoms with Gasteiger partial charge >= 0.3 is 0 Å². The summed E-state index contributed by atoms with van der Waals surface area (Å²) in [7, 11) is 1.65. The first-order chi connectivity index (χ1) is 14.1. The molecule has 1 atom stereocenters. The third-order valence-electron chi connectivity index (χ3n) is 5.49. The first-order valence-electron chi connectivity index (χ1n) is 10.0. The van der Waals surface area contributed by atoms with Gasteiger partial charge in [-0.1, -0.05) is 6.07 Å². The van der Waals surface area contributed by atoms with Gasteiger partial charge in [0.25, 0.3) is 5.91 Å². The van der Waals surface area contributed by atoms with Crippen LogP contribution in [-0.2, 0) is 27.4 Å². The standard InChI is InChI=1S/C21H28N4O4/c1-16-9-17(12-22-11-16)13-28-18-4-7-29-21(10-18)14-24(15-21)20(26)19-3-5-25(23-19)6-8-27-2/h3,5,9,11-12,18H,4,6-8,10,13-15H2,1-2H3/t18-/m1/s1. The minimum Gasteiger partial charge on any atom is -0.383 e. The number of likely N-dealkylation sites (tertiary alicyclic amines) is 1. The van der Waals surface area contributed by atoms with Gasteiger partial charge < -0.3 is 19.1 Å². The number of ether oxygens (including phenoxy) is 3. The summed E-state index contributed by atoms with van der Waals surface area (Å²) < 4.78 is 19.0. The van der Waals surface area contributed by atoms with Crippen molar-refractivity contribution in [2.24, 2.45) is 0 Å². The predicted molar refractivity (Wildman–Crippen MR) is 105 cm³/mol. The topological polar surface area (TPSA) is 78.7 Å². The number of hydrogen-bond donors (Lipinski definition) is 0. The van der Waals surface area contributed by atoms with E-state index in [0.29, 0.717) is 45.1 Å². The summed E-state index contributed by atoms with van der Waals surface area (Å²) in [6.07, 6.45) is 7.31. The summed E-state index contributed by atoms with van der Waals surface area (Å²) in [6, 6.07) is 3.85. The molecule has 156 valence electrons. The summed E-state index contributed by atoms with van der Waals surface area (Å²) in [5.74, 6) is -0.0516. The fourth-order valence-corrected chi connectivity index (χ4v) is 4.00. The molecule has 0 unspecified atom stereocenters. The summed E-state index contributed by atoms with van der Waals surface area (Å²) >= 11 is 0. The molecule has 8 heteroatoms. The molecule has 0 bridgehead atoms. The Hall–Kier alpha value is -2.29. The number of carbonyl (C=O) groups is 1. The summed E-state index contributed by atoms with van der Waals surface area (Å²) in [5.41, 5.74) is 2.39. The highest BCUT2D eigenvalue weighted by atomic mass is 16.5. The van der Waals surface area contributed by atoms with Crippen LogP contribution in [0, 0.1) is 6.92 Å². The minimum atomic E-state index is -0.290. The lowest BCUT2D eigenvalue weighted by molar-refractivity contribution is -0.188. The molecular formula is C21H28N4O4. The molecule has 2 aliphatic heterocycles. The first kappa shape index (κ1) is 20.0. The molecule has 0 aromatic carbocycles. The number of amides is 1. The number of aryl methyl sites for hydroxylation is 1. The Labute approximate surface area is 170 Å². The highest BCUT2D eigenvalue weighted by Gasteiger charge is 2.50. The van der Waals surface area contributed by atoms with Gasteiger partial charge in [0.2, 0.25) is 0 Å². The number of rotatable bonds is 7. The third kappa shape index (κ3) is 4.66. The van der Waals surface area contributed by atoms with E-state index in [1.54, 1.807) is 22.8 Å². The maximum absolute atomic E-state index is 12.7. The second-order valence-corrected chi connectivity index (χ2v) is 7.95. The van der Waals surface area contributed by atoms with Crippen molar-refractivity contribution < 1.29 is 19.0 Å². The zero-order valence-corrected chi connectivity index (χ0v) is 17.0. The summed E-state index contributed by atoms with van der Waals surface area (Å²) in [4.78, 5) is 18.7. The lowest BCUT2D eigenvalue weighted by Crippen LogP contribution is -2.67. The van der Waals surface area contributed by atoms with Gasteiger partial charge in [0.05, 0.1) is 39.0 Å². The van der Waals surface area contributed by atoms with Crippen molar-refractivity contribution in [1.82, 2.24) is 19.7 Å². The quantitative estimate of drug-likeness (QED) is 0.706. The van der Waals surface area contributed by atoms with E-state index in [4.69, 9.17) is 14.2 Å². The maximum Gasteiger partial charge on any atom is 0.274 e. The molecule has 2 saturated heterocycles. The Morgan fingerprint density at radius 2 is 2.24 bits per heavy atom. The fraction of sp³-hybridized carbons (Fsp3) is 0.571. The molecule has 2 aliphatic rings. The SMILES string of the molecule is COCCn1ccc(C(=O)N2CC3(C[C@H](OCc4cncc(C)c4)CCO3)C2)n1. The van der Waals surface area contributed by atoms with Crippen molar-refractivity contribution in [2.75, 3.05) is 33.4 Å². The van der Waals surface area contributed by atoms with E-state index in [0.717, 1.165) is 24.0 Å². The van der Waals surface area contributed by atoms with Gasteiger partial charge in [-0.05, 0) is 30.5 Å². The molecule has 29 heavy (non-hydrogen) atoms. The van der Waals surface area contributed by atoms with Crippen molar-refractivity contribution in [3.05, 3.63) is 47.5 Å². The highest BCUT2D eigenvalue weighted by Crippen LogP contribution is 2.36. The number of hydrogen-bond acceptors (Lipinski definition) is 6. The summed E-state index contributed by atoms with van der Waals surface area (Å²) in [5, 5.41) is 4.34. The lowest BCUT2D eigenvalue weighted by atomic mass is 9.84.